The molecule has 0 aromatic carbocycles. The van der Waals surface area contributed by atoms with Gasteiger partial charge in [-0.2, -0.15) is 4.98 Å². The SMILES string of the molecule is CC[C@@H](C)N1CCc2nc(N3CCCC3)nc(NC(C)C)c2C1. The van der Waals surface area contributed by atoms with Gasteiger partial charge in [-0.05, 0) is 40.0 Å². The summed E-state index contributed by atoms with van der Waals surface area (Å²) >= 11 is 0. The lowest BCUT2D eigenvalue weighted by atomic mass is 10.0. The molecule has 2 aliphatic heterocycles. The normalized spacial score (nSPS) is 20.0. The topological polar surface area (TPSA) is 44.3 Å². The Morgan fingerprint density at radius 3 is 2.48 bits per heavy atom. The molecule has 0 bridgehead atoms. The van der Waals surface area contributed by atoms with Gasteiger partial charge in [0.2, 0.25) is 5.95 Å². The third kappa shape index (κ3) is 3.60. The minimum absolute atomic E-state index is 0.388. The zero-order valence-corrected chi connectivity index (χ0v) is 15.1. The number of rotatable bonds is 5. The van der Waals surface area contributed by atoms with E-state index in [2.05, 4.69) is 42.8 Å². The first kappa shape index (κ1) is 16.5. The minimum atomic E-state index is 0.388. The summed E-state index contributed by atoms with van der Waals surface area (Å²) in [5.41, 5.74) is 2.57. The van der Waals surface area contributed by atoms with Crippen molar-refractivity contribution in [1.29, 1.82) is 0 Å². The predicted octanol–water partition coefficient (Wildman–Crippen LogP) is 3.05. The molecule has 0 saturated carbocycles. The fourth-order valence-electron chi connectivity index (χ4n) is 3.51. The highest BCUT2D eigenvalue weighted by Crippen LogP contribution is 2.29. The van der Waals surface area contributed by atoms with E-state index >= 15 is 0 Å². The lowest BCUT2D eigenvalue weighted by Crippen LogP contribution is -2.38. The van der Waals surface area contributed by atoms with E-state index in [9.17, 15) is 0 Å². The van der Waals surface area contributed by atoms with Crippen LogP contribution in [-0.2, 0) is 13.0 Å². The fraction of sp³-hybridized carbons (Fsp3) is 0.778. The van der Waals surface area contributed by atoms with Crippen molar-refractivity contribution in [1.82, 2.24) is 14.9 Å². The molecule has 1 N–H and O–H groups in total. The van der Waals surface area contributed by atoms with Crippen molar-refractivity contribution in [3.63, 3.8) is 0 Å². The van der Waals surface area contributed by atoms with Crippen LogP contribution in [0.3, 0.4) is 0 Å². The Morgan fingerprint density at radius 1 is 1.09 bits per heavy atom. The maximum absolute atomic E-state index is 4.93. The lowest BCUT2D eigenvalue weighted by molar-refractivity contribution is 0.185. The van der Waals surface area contributed by atoms with E-state index in [4.69, 9.17) is 9.97 Å². The molecular formula is C18H31N5. The highest BCUT2D eigenvalue weighted by atomic mass is 15.3. The second-order valence-corrected chi connectivity index (χ2v) is 7.27. The quantitative estimate of drug-likeness (QED) is 0.904. The maximum atomic E-state index is 4.93. The Morgan fingerprint density at radius 2 is 1.83 bits per heavy atom. The van der Waals surface area contributed by atoms with Gasteiger partial charge in [-0.25, -0.2) is 4.98 Å². The molecule has 1 aromatic heterocycles. The van der Waals surface area contributed by atoms with Crippen LogP contribution in [0.15, 0.2) is 0 Å². The van der Waals surface area contributed by atoms with E-state index in [0.717, 1.165) is 44.4 Å². The number of hydrogen-bond donors (Lipinski definition) is 1. The van der Waals surface area contributed by atoms with Crippen LogP contribution in [0.4, 0.5) is 11.8 Å². The number of aromatic nitrogens is 2. The van der Waals surface area contributed by atoms with Gasteiger partial charge < -0.3 is 10.2 Å². The molecule has 0 radical (unpaired) electrons. The van der Waals surface area contributed by atoms with Crippen LogP contribution in [-0.4, -0.2) is 46.6 Å². The zero-order chi connectivity index (χ0) is 16.4. The number of anilines is 2. The first-order valence-corrected chi connectivity index (χ1v) is 9.23. The van der Waals surface area contributed by atoms with Crippen LogP contribution < -0.4 is 10.2 Å². The van der Waals surface area contributed by atoms with Crippen molar-refractivity contribution in [2.24, 2.45) is 0 Å². The molecule has 0 amide bonds. The minimum Gasteiger partial charge on any atom is -0.367 e. The molecule has 0 aliphatic carbocycles. The van der Waals surface area contributed by atoms with Gasteiger partial charge in [0.15, 0.2) is 0 Å². The van der Waals surface area contributed by atoms with Crippen LogP contribution in [0.5, 0.6) is 0 Å². The molecule has 0 unspecified atom stereocenters. The summed E-state index contributed by atoms with van der Waals surface area (Å²) in [6, 6.07) is 1.01. The third-order valence-corrected chi connectivity index (χ3v) is 5.11. The molecule has 1 saturated heterocycles. The standard InChI is InChI=1S/C18H31N5/c1-5-14(4)23-11-8-16-15(12-23)17(19-13(2)3)21-18(20-16)22-9-6-7-10-22/h13-14H,5-12H2,1-4H3,(H,19,20,21)/t14-/m1/s1. The zero-order valence-electron chi connectivity index (χ0n) is 15.1. The van der Waals surface area contributed by atoms with Gasteiger partial charge in [0.25, 0.3) is 0 Å². The summed E-state index contributed by atoms with van der Waals surface area (Å²) in [6.45, 7) is 13.2. The summed E-state index contributed by atoms with van der Waals surface area (Å²) < 4.78 is 0. The average Bonchev–Trinajstić information content (AvgIpc) is 3.07. The summed E-state index contributed by atoms with van der Waals surface area (Å²) in [6.07, 6.45) is 4.75. The van der Waals surface area contributed by atoms with E-state index in [1.165, 1.54) is 30.5 Å². The van der Waals surface area contributed by atoms with E-state index < -0.39 is 0 Å². The second kappa shape index (κ2) is 7.04. The summed E-state index contributed by atoms with van der Waals surface area (Å²) in [5, 5.41) is 3.57. The fourth-order valence-corrected chi connectivity index (χ4v) is 3.51. The molecule has 128 valence electrons. The van der Waals surface area contributed by atoms with Crippen LogP contribution in [0.1, 0.15) is 58.2 Å². The predicted molar refractivity (Wildman–Crippen MR) is 96.1 cm³/mol. The van der Waals surface area contributed by atoms with Crippen LogP contribution in [0, 0.1) is 0 Å². The van der Waals surface area contributed by atoms with Gasteiger partial charge in [0.1, 0.15) is 5.82 Å². The molecule has 3 heterocycles. The average molecular weight is 317 g/mol. The van der Waals surface area contributed by atoms with Gasteiger partial charge in [-0.3, -0.25) is 4.90 Å². The molecule has 5 heteroatoms. The largest absolute Gasteiger partial charge is 0.367 e. The molecule has 23 heavy (non-hydrogen) atoms. The van der Waals surface area contributed by atoms with Gasteiger partial charge in [-0.15, -0.1) is 0 Å². The summed E-state index contributed by atoms with van der Waals surface area (Å²) in [5.74, 6) is 1.99. The van der Waals surface area contributed by atoms with E-state index in [-0.39, 0.29) is 0 Å². The van der Waals surface area contributed by atoms with Crippen molar-refractivity contribution in [2.75, 3.05) is 29.9 Å². The molecule has 0 spiro atoms. The molecule has 1 fully saturated rings. The summed E-state index contributed by atoms with van der Waals surface area (Å²) in [7, 11) is 0. The van der Waals surface area contributed by atoms with E-state index in [1.807, 2.05) is 0 Å². The van der Waals surface area contributed by atoms with Crippen molar-refractivity contribution in [3.05, 3.63) is 11.3 Å². The van der Waals surface area contributed by atoms with Gasteiger partial charge in [0, 0.05) is 50.2 Å². The highest BCUT2D eigenvalue weighted by molar-refractivity contribution is 5.53. The number of hydrogen-bond acceptors (Lipinski definition) is 5. The van der Waals surface area contributed by atoms with E-state index in [1.54, 1.807) is 0 Å². The smallest absolute Gasteiger partial charge is 0.227 e. The maximum Gasteiger partial charge on any atom is 0.227 e. The Kier molecular flexibility index (Phi) is 5.05. The Balaban J connectivity index is 1.92. The number of nitrogens with zero attached hydrogens (tertiary/aromatic N) is 4. The monoisotopic (exact) mass is 317 g/mol. The summed E-state index contributed by atoms with van der Waals surface area (Å²) in [4.78, 5) is 14.7. The lowest BCUT2D eigenvalue weighted by Gasteiger charge is -2.34. The number of fused-ring (bicyclic) bond motifs is 1. The van der Waals surface area contributed by atoms with Gasteiger partial charge in [-0.1, -0.05) is 6.92 Å². The number of nitrogens with one attached hydrogen (secondary N) is 1. The second-order valence-electron chi connectivity index (χ2n) is 7.27. The van der Waals surface area contributed by atoms with Crippen molar-refractivity contribution in [3.8, 4) is 0 Å². The van der Waals surface area contributed by atoms with Gasteiger partial charge >= 0.3 is 0 Å². The highest BCUT2D eigenvalue weighted by Gasteiger charge is 2.26. The van der Waals surface area contributed by atoms with Crippen molar-refractivity contribution in [2.45, 2.75) is 72.0 Å². The van der Waals surface area contributed by atoms with Crippen molar-refractivity contribution >= 4 is 11.8 Å². The Hall–Kier alpha value is -1.36. The first-order valence-electron chi connectivity index (χ1n) is 9.23. The van der Waals surface area contributed by atoms with Crippen LogP contribution >= 0.6 is 0 Å². The van der Waals surface area contributed by atoms with Crippen molar-refractivity contribution < 1.29 is 0 Å². The Bertz CT molecular complexity index is 536. The molecule has 1 aromatic rings. The molecular weight excluding hydrogens is 286 g/mol. The van der Waals surface area contributed by atoms with Gasteiger partial charge in [0.05, 0.1) is 5.69 Å². The molecule has 2 aliphatic rings. The molecule has 1 atom stereocenters. The molecule has 3 rings (SSSR count). The Labute approximate surface area is 140 Å². The van der Waals surface area contributed by atoms with Crippen LogP contribution in [0.2, 0.25) is 0 Å². The third-order valence-electron chi connectivity index (χ3n) is 5.11. The van der Waals surface area contributed by atoms with Crippen LogP contribution in [0.25, 0.3) is 0 Å². The first-order chi connectivity index (χ1) is 11.1. The molecule has 5 nitrogen and oxygen atoms in total. The van der Waals surface area contributed by atoms with E-state index in [0.29, 0.717) is 12.1 Å².